The number of hydrogen-bond acceptors (Lipinski definition) is 5. The zero-order valence-electron chi connectivity index (χ0n) is 13.5. The van der Waals surface area contributed by atoms with Gasteiger partial charge < -0.3 is 15.8 Å². The van der Waals surface area contributed by atoms with Gasteiger partial charge in [0.05, 0.1) is 18.5 Å². The number of amides is 2. The van der Waals surface area contributed by atoms with Gasteiger partial charge in [0, 0.05) is 12.4 Å². The van der Waals surface area contributed by atoms with Gasteiger partial charge in [-0.25, -0.2) is 9.78 Å². The molecule has 0 saturated carbocycles. The molecule has 0 atom stereocenters. The van der Waals surface area contributed by atoms with Crippen LogP contribution in [-0.4, -0.2) is 29.2 Å². The molecular weight excluding hydrogens is 294 g/mol. The molecule has 0 spiro atoms. The van der Waals surface area contributed by atoms with Gasteiger partial charge in [0.25, 0.3) is 0 Å². The van der Waals surface area contributed by atoms with Gasteiger partial charge in [0.15, 0.2) is 5.82 Å². The Kier molecular flexibility index (Phi) is 8.77. The molecule has 2 rings (SSSR count). The average Bonchev–Trinajstić information content (AvgIpc) is 2.59. The van der Waals surface area contributed by atoms with E-state index in [0.29, 0.717) is 30.4 Å². The molecule has 0 radical (unpaired) electrons. The average molecular weight is 317 g/mol. The number of ether oxygens (including phenoxy) is 1. The number of carbonyl (C=O) groups is 1. The highest BCUT2D eigenvalue weighted by atomic mass is 16.5. The van der Waals surface area contributed by atoms with Crippen molar-refractivity contribution in [3.63, 3.8) is 0 Å². The molecule has 124 valence electrons. The molecule has 0 fully saturated rings. The molecule has 1 aromatic heterocycles. The van der Waals surface area contributed by atoms with E-state index in [1.807, 2.05) is 26.0 Å². The molecule has 7 heteroatoms. The number of para-hydroxylation sites is 2. The number of benzene rings is 1. The standard InChI is InChI=1S/C14H17N5O2.C2H6/c15-6-3-9-21-12-5-2-1-4-11(12)18-14(20)19-13-10-16-7-8-17-13;1-2/h1-2,4-5,7-8,10H,3,6,9,15H2,(H2,17,18,19,20);1-2H3. The van der Waals surface area contributed by atoms with Crippen LogP contribution in [-0.2, 0) is 0 Å². The molecule has 7 nitrogen and oxygen atoms in total. The van der Waals surface area contributed by atoms with Crippen LogP contribution in [0.2, 0.25) is 0 Å². The molecule has 1 aromatic carbocycles. The number of nitrogens with two attached hydrogens (primary N) is 1. The largest absolute Gasteiger partial charge is 0.491 e. The summed E-state index contributed by atoms with van der Waals surface area (Å²) in [5.74, 6) is 0.969. The molecule has 1 heterocycles. The van der Waals surface area contributed by atoms with Crippen molar-refractivity contribution in [1.82, 2.24) is 9.97 Å². The maximum atomic E-state index is 11.9. The van der Waals surface area contributed by atoms with E-state index in [1.54, 1.807) is 12.1 Å². The molecule has 0 bridgehead atoms. The van der Waals surface area contributed by atoms with Crippen LogP contribution in [0.5, 0.6) is 5.75 Å². The summed E-state index contributed by atoms with van der Waals surface area (Å²) in [6.45, 7) is 5.06. The van der Waals surface area contributed by atoms with Crippen molar-refractivity contribution in [2.24, 2.45) is 5.73 Å². The summed E-state index contributed by atoms with van der Waals surface area (Å²) in [6.07, 6.45) is 5.24. The summed E-state index contributed by atoms with van der Waals surface area (Å²) in [4.78, 5) is 19.7. The number of carbonyl (C=O) groups excluding carboxylic acids is 1. The number of hydrogen-bond donors (Lipinski definition) is 3. The third-order valence-electron chi connectivity index (χ3n) is 2.55. The van der Waals surface area contributed by atoms with Gasteiger partial charge in [-0.3, -0.25) is 10.3 Å². The van der Waals surface area contributed by atoms with E-state index in [1.165, 1.54) is 18.6 Å². The van der Waals surface area contributed by atoms with Gasteiger partial charge in [0.1, 0.15) is 5.75 Å². The van der Waals surface area contributed by atoms with Crippen LogP contribution < -0.4 is 21.1 Å². The van der Waals surface area contributed by atoms with E-state index in [0.717, 1.165) is 6.42 Å². The first-order valence-corrected chi connectivity index (χ1v) is 7.55. The highest BCUT2D eigenvalue weighted by Gasteiger charge is 2.08. The van der Waals surface area contributed by atoms with Gasteiger partial charge in [0.2, 0.25) is 0 Å². The smallest absolute Gasteiger partial charge is 0.324 e. The third kappa shape index (κ3) is 6.75. The number of anilines is 2. The topological polar surface area (TPSA) is 102 Å². The third-order valence-corrected chi connectivity index (χ3v) is 2.55. The minimum absolute atomic E-state index is 0.372. The summed E-state index contributed by atoms with van der Waals surface area (Å²) in [7, 11) is 0. The van der Waals surface area contributed by atoms with E-state index in [4.69, 9.17) is 10.5 Å². The van der Waals surface area contributed by atoms with E-state index in [2.05, 4.69) is 20.6 Å². The van der Waals surface area contributed by atoms with Crippen molar-refractivity contribution < 1.29 is 9.53 Å². The van der Waals surface area contributed by atoms with Crippen molar-refractivity contribution in [2.75, 3.05) is 23.8 Å². The van der Waals surface area contributed by atoms with Crippen molar-refractivity contribution in [3.05, 3.63) is 42.9 Å². The SMILES string of the molecule is CC.NCCCOc1ccccc1NC(=O)Nc1cnccn1. The Bertz CT molecular complexity index is 578. The van der Waals surface area contributed by atoms with Crippen LogP contribution in [0.1, 0.15) is 20.3 Å². The summed E-state index contributed by atoms with van der Waals surface area (Å²) >= 11 is 0. The number of rotatable bonds is 6. The van der Waals surface area contributed by atoms with Crippen molar-refractivity contribution in [3.8, 4) is 5.75 Å². The second-order valence-corrected chi connectivity index (χ2v) is 4.16. The first-order chi connectivity index (χ1) is 11.3. The predicted molar refractivity (Wildman–Crippen MR) is 91.6 cm³/mol. The quantitative estimate of drug-likeness (QED) is 0.711. The molecule has 2 aromatic rings. The van der Waals surface area contributed by atoms with Gasteiger partial charge >= 0.3 is 6.03 Å². The molecule has 0 unspecified atom stereocenters. The first kappa shape index (κ1) is 18.4. The van der Waals surface area contributed by atoms with E-state index < -0.39 is 6.03 Å². The maximum absolute atomic E-state index is 11.9. The van der Waals surface area contributed by atoms with Gasteiger partial charge in [-0.15, -0.1) is 0 Å². The fourth-order valence-corrected chi connectivity index (χ4v) is 1.59. The molecule has 4 N–H and O–H groups in total. The van der Waals surface area contributed by atoms with E-state index >= 15 is 0 Å². The second-order valence-electron chi connectivity index (χ2n) is 4.16. The van der Waals surface area contributed by atoms with E-state index in [9.17, 15) is 4.79 Å². The molecule has 0 aliphatic carbocycles. The Labute approximate surface area is 136 Å². The minimum Gasteiger partial charge on any atom is -0.491 e. The first-order valence-electron chi connectivity index (χ1n) is 7.55. The molecule has 0 aliphatic rings. The lowest BCUT2D eigenvalue weighted by atomic mass is 10.3. The zero-order chi connectivity index (χ0) is 16.9. The van der Waals surface area contributed by atoms with Crippen LogP contribution in [0.3, 0.4) is 0 Å². The van der Waals surface area contributed by atoms with Gasteiger partial charge in [-0.2, -0.15) is 0 Å². The zero-order valence-corrected chi connectivity index (χ0v) is 13.5. The van der Waals surface area contributed by atoms with Crippen LogP contribution >= 0.6 is 0 Å². The lowest BCUT2D eigenvalue weighted by Crippen LogP contribution is -2.20. The van der Waals surface area contributed by atoms with Crippen molar-refractivity contribution in [1.29, 1.82) is 0 Å². The lowest BCUT2D eigenvalue weighted by Gasteiger charge is -2.12. The van der Waals surface area contributed by atoms with Crippen LogP contribution in [0.15, 0.2) is 42.9 Å². The number of nitrogens with zero attached hydrogens (tertiary/aromatic N) is 2. The Balaban J connectivity index is 0.00000127. The van der Waals surface area contributed by atoms with E-state index in [-0.39, 0.29) is 0 Å². The summed E-state index contributed by atoms with van der Waals surface area (Å²) in [5, 5.41) is 5.30. The van der Waals surface area contributed by atoms with Crippen LogP contribution in [0.4, 0.5) is 16.3 Å². The lowest BCUT2D eigenvalue weighted by molar-refractivity contribution is 0.261. The number of nitrogens with one attached hydrogen (secondary N) is 2. The fraction of sp³-hybridized carbons (Fsp3) is 0.312. The monoisotopic (exact) mass is 317 g/mol. The number of aromatic nitrogens is 2. The summed E-state index contributed by atoms with van der Waals surface area (Å²) in [5.41, 5.74) is 6.00. The molecular formula is C16H23N5O2. The summed E-state index contributed by atoms with van der Waals surface area (Å²) < 4.78 is 5.58. The highest BCUT2D eigenvalue weighted by molar-refractivity contribution is 5.99. The van der Waals surface area contributed by atoms with Gasteiger partial charge in [-0.05, 0) is 25.1 Å². The summed E-state index contributed by atoms with van der Waals surface area (Å²) in [6, 6.07) is 6.78. The predicted octanol–water partition coefficient (Wildman–Crippen LogP) is 2.87. The molecule has 0 saturated heterocycles. The Morgan fingerprint density at radius 2 is 2.00 bits per heavy atom. The van der Waals surface area contributed by atoms with Crippen molar-refractivity contribution >= 4 is 17.5 Å². The molecule has 0 aliphatic heterocycles. The van der Waals surface area contributed by atoms with Crippen LogP contribution in [0, 0.1) is 0 Å². The van der Waals surface area contributed by atoms with Crippen LogP contribution in [0.25, 0.3) is 0 Å². The van der Waals surface area contributed by atoms with Gasteiger partial charge in [-0.1, -0.05) is 26.0 Å². The highest BCUT2D eigenvalue weighted by Crippen LogP contribution is 2.23. The number of urea groups is 1. The Hall–Kier alpha value is -2.67. The Morgan fingerprint density at radius 3 is 2.70 bits per heavy atom. The maximum Gasteiger partial charge on any atom is 0.324 e. The van der Waals surface area contributed by atoms with Crippen molar-refractivity contribution in [2.45, 2.75) is 20.3 Å². The molecule has 2 amide bonds. The Morgan fingerprint density at radius 1 is 1.22 bits per heavy atom. The second kappa shape index (κ2) is 11.0. The minimum atomic E-state index is -0.412. The normalized spacial score (nSPS) is 9.35. The molecule has 23 heavy (non-hydrogen) atoms. The fourth-order valence-electron chi connectivity index (χ4n) is 1.59.